The molecule has 196 valence electrons. The molecule has 0 aliphatic carbocycles. The number of carbonyl (C=O) groups excluding carboxylic acids is 2. The number of nitrogens with zero attached hydrogens (tertiary/aromatic N) is 4. The fourth-order valence-electron chi connectivity index (χ4n) is 4.05. The average Bonchev–Trinajstić information content (AvgIpc) is 3.18. The van der Waals surface area contributed by atoms with Crippen LogP contribution >= 0.6 is 0 Å². The maximum absolute atomic E-state index is 14.4. The summed E-state index contributed by atoms with van der Waals surface area (Å²) in [5, 5.41) is 10.4. The number of amides is 2. The molecule has 0 saturated carbocycles. The summed E-state index contributed by atoms with van der Waals surface area (Å²) in [5.41, 5.74) is 0.0584. The van der Waals surface area contributed by atoms with Gasteiger partial charge in [-0.15, -0.1) is 10.2 Å². The Kier molecular flexibility index (Phi) is 7.19. The number of fused-ring (bicyclic) bond motifs is 3. The predicted molar refractivity (Wildman–Crippen MR) is 123 cm³/mol. The van der Waals surface area contributed by atoms with Crippen LogP contribution in [0.15, 0.2) is 36.7 Å². The van der Waals surface area contributed by atoms with E-state index in [9.17, 15) is 27.2 Å². The first-order valence-corrected chi connectivity index (χ1v) is 11.5. The summed E-state index contributed by atoms with van der Waals surface area (Å²) in [4.78, 5) is 27.3. The van der Waals surface area contributed by atoms with Gasteiger partial charge in [-0.05, 0) is 56.5 Å². The van der Waals surface area contributed by atoms with E-state index in [-0.39, 0.29) is 31.5 Å². The molecule has 2 aromatic carbocycles. The molecular weight excluding hydrogens is 494 g/mol. The van der Waals surface area contributed by atoms with E-state index in [0.717, 1.165) is 0 Å². The first-order chi connectivity index (χ1) is 17.4. The molecule has 1 atom stereocenters. The van der Waals surface area contributed by atoms with Crippen molar-refractivity contribution >= 4 is 12.0 Å². The van der Waals surface area contributed by atoms with E-state index in [2.05, 4.69) is 15.5 Å². The Labute approximate surface area is 210 Å². The number of hydrogen-bond donors (Lipinski definition) is 1. The van der Waals surface area contributed by atoms with Gasteiger partial charge in [-0.1, -0.05) is 6.07 Å². The summed E-state index contributed by atoms with van der Waals surface area (Å²) in [5.74, 6) is -4.14. The van der Waals surface area contributed by atoms with Gasteiger partial charge in [0.05, 0.1) is 12.2 Å². The van der Waals surface area contributed by atoms with Gasteiger partial charge in [0.15, 0.2) is 17.5 Å². The number of halogens is 4. The van der Waals surface area contributed by atoms with Gasteiger partial charge in [-0.25, -0.2) is 22.4 Å². The van der Waals surface area contributed by atoms with Gasteiger partial charge in [0.25, 0.3) is 0 Å². The van der Waals surface area contributed by atoms with Crippen LogP contribution < -0.4 is 5.32 Å². The Bertz CT molecular complexity index is 1340. The molecule has 1 aromatic heterocycles. The van der Waals surface area contributed by atoms with Crippen LogP contribution in [-0.2, 0) is 29.0 Å². The number of rotatable bonds is 5. The number of nitrogens with one attached hydrogen (secondary N) is 1. The molecular formula is C25H25F4N5O3. The van der Waals surface area contributed by atoms with Crippen molar-refractivity contribution in [2.24, 2.45) is 0 Å². The molecule has 0 radical (unpaired) electrons. The highest BCUT2D eigenvalue weighted by Crippen LogP contribution is 2.25. The third kappa shape index (κ3) is 6.25. The number of aromatic nitrogens is 3. The standard InChI is InChI=1S/C25H25F4N5O3/c1-25(2,3)37-24(36)31-17(6-15-7-19(28)20(29)10-18(15)27)9-23(35)33-11-14-4-5-16(26)8-21(14)34-13-30-32-22(34)12-33/h4-5,7-8,10,13,17H,6,9,11-12H2,1-3H3,(H,31,36). The Morgan fingerprint density at radius 3 is 2.51 bits per heavy atom. The van der Waals surface area contributed by atoms with E-state index in [1.54, 1.807) is 31.4 Å². The quantitative estimate of drug-likeness (QED) is 0.403. The molecule has 1 aliphatic heterocycles. The molecule has 3 aromatic rings. The minimum absolute atomic E-state index is 0.0355. The summed E-state index contributed by atoms with van der Waals surface area (Å²) < 4.78 is 62.4. The lowest BCUT2D eigenvalue weighted by Crippen LogP contribution is -2.43. The topological polar surface area (TPSA) is 89.4 Å². The highest BCUT2D eigenvalue weighted by Gasteiger charge is 2.28. The first kappa shape index (κ1) is 26.1. The van der Waals surface area contributed by atoms with Crippen LogP contribution in [0.4, 0.5) is 22.4 Å². The molecule has 2 amide bonds. The predicted octanol–water partition coefficient (Wildman–Crippen LogP) is 4.19. The van der Waals surface area contributed by atoms with Crippen molar-refractivity contribution in [1.82, 2.24) is 25.0 Å². The molecule has 0 spiro atoms. The minimum Gasteiger partial charge on any atom is -0.444 e. The van der Waals surface area contributed by atoms with Crippen LogP contribution in [0.25, 0.3) is 5.69 Å². The van der Waals surface area contributed by atoms with E-state index >= 15 is 0 Å². The second-order valence-electron chi connectivity index (χ2n) is 9.75. The van der Waals surface area contributed by atoms with Gasteiger partial charge in [0.2, 0.25) is 5.91 Å². The zero-order valence-electron chi connectivity index (χ0n) is 20.4. The fourth-order valence-corrected chi connectivity index (χ4v) is 4.05. The molecule has 0 bridgehead atoms. The second kappa shape index (κ2) is 10.2. The van der Waals surface area contributed by atoms with E-state index in [4.69, 9.17) is 4.74 Å². The van der Waals surface area contributed by atoms with Crippen molar-refractivity contribution in [3.8, 4) is 5.69 Å². The molecule has 1 N–H and O–H groups in total. The van der Waals surface area contributed by atoms with Crippen molar-refractivity contribution in [2.45, 2.75) is 58.3 Å². The Balaban J connectivity index is 1.59. The molecule has 4 rings (SSSR count). The highest BCUT2D eigenvalue weighted by molar-refractivity contribution is 5.78. The van der Waals surface area contributed by atoms with Gasteiger partial charge in [-0.3, -0.25) is 9.36 Å². The minimum atomic E-state index is -1.35. The fraction of sp³-hybridized carbons (Fsp3) is 0.360. The van der Waals surface area contributed by atoms with Crippen LogP contribution in [0.1, 0.15) is 44.1 Å². The normalized spacial score (nSPS) is 13.9. The maximum atomic E-state index is 14.4. The SMILES string of the molecule is CC(C)(C)OC(=O)NC(CC(=O)N1Cc2ccc(F)cc2-n2cnnc2C1)Cc1cc(F)c(F)cc1F. The highest BCUT2D eigenvalue weighted by atomic mass is 19.2. The average molecular weight is 519 g/mol. The third-order valence-electron chi connectivity index (χ3n) is 5.67. The lowest BCUT2D eigenvalue weighted by atomic mass is 10.0. The molecule has 37 heavy (non-hydrogen) atoms. The lowest BCUT2D eigenvalue weighted by Gasteiger charge is -2.26. The van der Waals surface area contributed by atoms with Crippen LogP contribution in [-0.4, -0.2) is 43.3 Å². The van der Waals surface area contributed by atoms with Crippen LogP contribution in [0.2, 0.25) is 0 Å². The number of carbonyl (C=O) groups is 2. The monoisotopic (exact) mass is 519 g/mol. The molecule has 8 nitrogen and oxygen atoms in total. The Morgan fingerprint density at radius 2 is 1.78 bits per heavy atom. The molecule has 2 heterocycles. The largest absolute Gasteiger partial charge is 0.444 e. The first-order valence-electron chi connectivity index (χ1n) is 11.5. The summed E-state index contributed by atoms with van der Waals surface area (Å²) in [6.07, 6.45) is -0.0626. The van der Waals surface area contributed by atoms with E-state index in [1.807, 2.05) is 0 Å². The van der Waals surface area contributed by atoms with Crippen molar-refractivity contribution in [3.05, 3.63) is 76.9 Å². The van der Waals surface area contributed by atoms with Gasteiger partial charge in [0.1, 0.15) is 23.6 Å². The van der Waals surface area contributed by atoms with Gasteiger partial charge in [0, 0.05) is 25.1 Å². The lowest BCUT2D eigenvalue weighted by molar-refractivity contribution is -0.133. The van der Waals surface area contributed by atoms with Crippen molar-refractivity contribution in [1.29, 1.82) is 0 Å². The maximum Gasteiger partial charge on any atom is 0.407 e. The van der Waals surface area contributed by atoms with Gasteiger partial charge < -0.3 is 15.0 Å². The summed E-state index contributed by atoms with van der Waals surface area (Å²) >= 11 is 0. The van der Waals surface area contributed by atoms with Gasteiger partial charge in [-0.2, -0.15) is 0 Å². The number of ether oxygens (including phenoxy) is 1. The van der Waals surface area contributed by atoms with Crippen LogP contribution in [0.5, 0.6) is 0 Å². The van der Waals surface area contributed by atoms with Crippen LogP contribution in [0, 0.1) is 23.3 Å². The third-order valence-corrected chi connectivity index (χ3v) is 5.67. The van der Waals surface area contributed by atoms with Crippen molar-refractivity contribution in [3.63, 3.8) is 0 Å². The Morgan fingerprint density at radius 1 is 1.05 bits per heavy atom. The summed E-state index contributed by atoms with van der Waals surface area (Å²) in [6, 6.07) is 4.22. The van der Waals surface area contributed by atoms with Crippen molar-refractivity contribution < 1.29 is 31.9 Å². The van der Waals surface area contributed by atoms with E-state index in [1.165, 1.54) is 23.4 Å². The number of alkyl carbamates (subject to hydrolysis) is 1. The molecule has 12 heteroatoms. The van der Waals surface area contributed by atoms with E-state index < -0.39 is 46.9 Å². The summed E-state index contributed by atoms with van der Waals surface area (Å²) in [7, 11) is 0. The Hall–Kier alpha value is -3.96. The molecule has 1 unspecified atom stereocenters. The smallest absolute Gasteiger partial charge is 0.407 e. The number of benzene rings is 2. The zero-order valence-corrected chi connectivity index (χ0v) is 20.4. The molecule has 0 saturated heterocycles. The molecule has 1 aliphatic rings. The van der Waals surface area contributed by atoms with Gasteiger partial charge >= 0.3 is 6.09 Å². The zero-order chi connectivity index (χ0) is 26.9. The molecule has 0 fully saturated rings. The summed E-state index contributed by atoms with van der Waals surface area (Å²) in [6.45, 7) is 5.09. The number of hydrogen-bond acceptors (Lipinski definition) is 5. The second-order valence-corrected chi connectivity index (χ2v) is 9.75. The van der Waals surface area contributed by atoms with Crippen LogP contribution in [0.3, 0.4) is 0 Å². The van der Waals surface area contributed by atoms with E-state index in [0.29, 0.717) is 29.2 Å². The van der Waals surface area contributed by atoms with Crippen molar-refractivity contribution in [2.75, 3.05) is 0 Å².